The molecule has 0 bridgehead atoms. The van der Waals surface area contributed by atoms with Crippen LogP contribution in [0.5, 0.6) is 0 Å². The molecule has 1 amide bonds. The Morgan fingerprint density at radius 2 is 1.79 bits per heavy atom. The highest BCUT2D eigenvalue weighted by Crippen LogP contribution is 2.33. The number of anilines is 1. The third-order valence-corrected chi connectivity index (χ3v) is 7.43. The molecule has 0 radical (unpaired) electrons. The Kier molecular flexibility index (Phi) is 7.72. The maximum atomic E-state index is 13.7. The first-order valence-electron chi connectivity index (χ1n) is 13.8. The molecule has 1 aliphatic carbocycles. The first-order chi connectivity index (χ1) is 18.9. The Bertz CT molecular complexity index is 1470. The van der Waals surface area contributed by atoms with Crippen LogP contribution in [-0.4, -0.2) is 44.3 Å². The van der Waals surface area contributed by atoms with Gasteiger partial charge in [0.2, 0.25) is 5.91 Å². The maximum Gasteiger partial charge on any atom is 0.343 e. The summed E-state index contributed by atoms with van der Waals surface area (Å²) in [5.41, 5.74) is 3.50. The van der Waals surface area contributed by atoms with E-state index in [1.54, 1.807) is 28.9 Å². The molecule has 8 heteroatoms. The van der Waals surface area contributed by atoms with Crippen LogP contribution in [0.4, 0.5) is 5.82 Å². The van der Waals surface area contributed by atoms with Gasteiger partial charge in [0.1, 0.15) is 5.56 Å². The molecule has 0 aliphatic heterocycles. The van der Waals surface area contributed by atoms with Crippen molar-refractivity contribution in [1.82, 2.24) is 19.7 Å². The van der Waals surface area contributed by atoms with E-state index in [0.717, 1.165) is 48.0 Å². The van der Waals surface area contributed by atoms with Crippen LogP contribution in [0.15, 0.2) is 60.9 Å². The van der Waals surface area contributed by atoms with E-state index in [2.05, 4.69) is 16.9 Å². The average molecular weight is 526 g/mol. The number of esters is 1. The molecule has 8 nitrogen and oxygen atoms in total. The highest BCUT2D eigenvalue weighted by atomic mass is 16.5. The van der Waals surface area contributed by atoms with E-state index in [0.29, 0.717) is 17.4 Å². The van der Waals surface area contributed by atoms with Gasteiger partial charge >= 0.3 is 5.97 Å². The monoisotopic (exact) mass is 525 g/mol. The lowest BCUT2D eigenvalue weighted by Gasteiger charge is -2.32. The summed E-state index contributed by atoms with van der Waals surface area (Å²) in [5, 5.41) is 5.76. The molecule has 3 heterocycles. The fourth-order valence-electron chi connectivity index (χ4n) is 5.23. The van der Waals surface area contributed by atoms with Crippen molar-refractivity contribution < 1.29 is 14.3 Å². The molecule has 1 aromatic carbocycles. The quantitative estimate of drug-likeness (QED) is 0.266. The first-order valence-corrected chi connectivity index (χ1v) is 13.8. The highest BCUT2D eigenvalue weighted by Gasteiger charge is 2.34. The molecule has 1 aliphatic rings. The van der Waals surface area contributed by atoms with Crippen molar-refractivity contribution in [2.45, 2.75) is 59.4 Å². The molecular formula is C31H35N5O3. The minimum atomic E-state index is -0.487. The molecule has 202 valence electrons. The fraction of sp³-hybridized carbons (Fsp3) is 0.387. The van der Waals surface area contributed by atoms with Gasteiger partial charge in [0, 0.05) is 35.3 Å². The van der Waals surface area contributed by atoms with Crippen molar-refractivity contribution in [2.75, 3.05) is 11.5 Å². The van der Waals surface area contributed by atoms with E-state index >= 15 is 0 Å². The van der Waals surface area contributed by atoms with Gasteiger partial charge in [0.05, 0.1) is 18.0 Å². The van der Waals surface area contributed by atoms with Gasteiger partial charge in [-0.1, -0.05) is 19.1 Å². The Hall–Kier alpha value is -4.07. The third-order valence-electron chi connectivity index (χ3n) is 7.43. The van der Waals surface area contributed by atoms with Crippen LogP contribution in [-0.2, 0) is 9.53 Å². The van der Waals surface area contributed by atoms with Gasteiger partial charge in [-0.15, -0.1) is 5.10 Å². The molecule has 4 aromatic rings. The summed E-state index contributed by atoms with van der Waals surface area (Å²) >= 11 is 0. The lowest BCUT2D eigenvalue weighted by molar-refractivity contribution is -0.124. The van der Waals surface area contributed by atoms with Crippen LogP contribution in [0.3, 0.4) is 0 Å². The highest BCUT2D eigenvalue weighted by molar-refractivity contribution is 6.02. The number of amides is 1. The van der Waals surface area contributed by atoms with Crippen LogP contribution in [0, 0.1) is 11.8 Å². The smallest absolute Gasteiger partial charge is 0.343 e. The predicted molar refractivity (Wildman–Crippen MR) is 152 cm³/mol. The fourth-order valence-corrected chi connectivity index (χ4v) is 5.23. The van der Waals surface area contributed by atoms with Crippen molar-refractivity contribution in [3.05, 3.63) is 66.5 Å². The predicted octanol–water partition coefficient (Wildman–Crippen LogP) is 6.23. The van der Waals surface area contributed by atoms with Crippen LogP contribution >= 0.6 is 0 Å². The standard InChI is InChI=1S/C31H35N5O3/c1-5-39-31(38)26-19-35(34-29(26)36(20(2)3)30(37)24-10-8-21(4)9-11-24)25-15-12-22(13-16-25)27-17-14-23-7-6-18-32-28(23)33-27/h6-7,12-21,24H,5,8-11H2,1-4H3. The summed E-state index contributed by atoms with van der Waals surface area (Å²) in [6.07, 6.45) is 7.19. The molecule has 1 saturated carbocycles. The van der Waals surface area contributed by atoms with E-state index in [4.69, 9.17) is 9.84 Å². The van der Waals surface area contributed by atoms with E-state index in [9.17, 15) is 9.59 Å². The Morgan fingerprint density at radius 3 is 2.49 bits per heavy atom. The number of nitrogens with zero attached hydrogens (tertiary/aromatic N) is 5. The normalized spacial score (nSPS) is 17.4. The van der Waals surface area contributed by atoms with Crippen LogP contribution in [0.25, 0.3) is 28.0 Å². The molecule has 0 atom stereocenters. The van der Waals surface area contributed by atoms with Gasteiger partial charge in [0.25, 0.3) is 0 Å². The lowest BCUT2D eigenvalue weighted by Crippen LogP contribution is -2.43. The molecule has 5 rings (SSSR count). The van der Waals surface area contributed by atoms with Crippen LogP contribution in [0.2, 0.25) is 0 Å². The number of pyridine rings is 2. The minimum Gasteiger partial charge on any atom is -0.462 e. The van der Waals surface area contributed by atoms with Crippen molar-refractivity contribution >= 4 is 28.7 Å². The van der Waals surface area contributed by atoms with E-state index in [1.165, 1.54) is 0 Å². The lowest BCUT2D eigenvalue weighted by atomic mass is 9.82. The zero-order valence-electron chi connectivity index (χ0n) is 23.0. The van der Waals surface area contributed by atoms with E-state index < -0.39 is 5.97 Å². The maximum absolute atomic E-state index is 13.7. The van der Waals surface area contributed by atoms with Crippen molar-refractivity contribution in [2.24, 2.45) is 11.8 Å². The van der Waals surface area contributed by atoms with Crippen LogP contribution < -0.4 is 4.90 Å². The first kappa shape index (κ1) is 26.5. The summed E-state index contributed by atoms with van der Waals surface area (Å²) in [7, 11) is 0. The molecule has 39 heavy (non-hydrogen) atoms. The molecule has 3 aromatic heterocycles. The van der Waals surface area contributed by atoms with E-state index in [-0.39, 0.29) is 30.0 Å². The zero-order valence-corrected chi connectivity index (χ0v) is 23.0. The molecule has 0 spiro atoms. The van der Waals surface area contributed by atoms with Gasteiger partial charge in [-0.25, -0.2) is 19.4 Å². The number of rotatable bonds is 7. The topological polar surface area (TPSA) is 90.2 Å². The summed E-state index contributed by atoms with van der Waals surface area (Å²) in [5.74, 6) is 0.461. The number of ether oxygens (including phenoxy) is 1. The summed E-state index contributed by atoms with van der Waals surface area (Å²) in [6, 6.07) is 15.5. The number of aromatic nitrogens is 4. The SMILES string of the molecule is CCOC(=O)c1cn(-c2ccc(-c3ccc4cccnc4n3)cc2)nc1N(C(=O)C1CCC(C)CC1)C(C)C. The number of hydrogen-bond donors (Lipinski definition) is 0. The number of benzene rings is 1. The number of fused-ring (bicyclic) bond motifs is 1. The molecular weight excluding hydrogens is 490 g/mol. The molecule has 1 fully saturated rings. The molecule has 0 saturated heterocycles. The van der Waals surface area contributed by atoms with Gasteiger partial charge < -0.3 is 4.74 Å². The minimum absolute atomic E-state index is 0.0269. The Labute approximate surface area is 229 Å². The van der Waals surface area contributed by atoms with E-state index in [1.807, 2.05) is 62.4 Å². The van der Waals surface area contributed by atoms with Gasteiger partial charge in [0.15, 0.2) is 11.5 Å². The summed E-state index contributed by atoms with van der Waals surface area (Å²) in [6.45, 7) is 8.15. The van der Waals surface area contributed by atoms with Crippen LogP contribution in [0.1, 0.15) is 63.7 Å². The van der Waals surface area contributed by atoms with Gasteiger partial charge in [-0.05, 0) is 88.8 Å². The zero-order chi connectivity index (χ0) is 27.5. The molecule has 0 N–H and O–H groups in total. The number of carbonyl (C=O) groups is 2. The second-order valence-corrected chi connectivity index (χ2v) is 10.6. The second-order valence-electron chi connectivity index (χ2n) is 10.6. The average Bonchev–Trinajstić information content (AvgIpc) is 3.38. The third kappa shape index (κ3) is 5.55. The Morgan fingerprint density at radius 1 is 1.05 bits per heavy atom. The summed E-state index contributed by atoms with van der Waals surface area (Å²) < 4.78 is 7.00. The number of hydrogen-bond acceptors (Lipinski definition) is 6. The van der Waals surface area contributed by atoms with Crippen molar-refractivity contribution in [1.29, 1.82) is 0 Å². The van der Waals surface area contributed by atoms with Crippen molar-refractivity contribution in [3.8, 4) is 16.9 Å². The van der Waals surface area contributed by atoms with Gasteiger partial charge in [-0.3, -0.25) is 9.69 Å². The number of carbonyl (C=O) groups excluding carboxylic acids is 2. The largest absolute Gasteiger partial charge is 0.462 e. The summed E-state index contributed by atoms with van der Waals surface area (Å²) in [4.78, 5) is 37.5. The molecule has 0 unspecified atom stereocenters. The Balaban J connectivity index is 1.48. The second kappa shape index (κ2) is 11.4. The van der Waals surface area contributed by atoms with Gasteiger partial charge in [-0.2, -0.15) is 0 Å². The van der Waals surface area contributed by atoms with Crippen molar-refractivity contribution in [3.63, 3.8) is 0 Å².